The number of fused-ring (bicyclic) bond motifs is 1. The highest BCUT2D eigenvalue weighted by Crippen LogP contribution is 2.43. The van der Waals surface area contributed by atoms with E-state index >= 15 is 4.39 Å². The summed E-state index contributed by atoms with van der Waals surface area (Å²) in [6.45, 7) is 0. The zero-order chi connectivity index (χ0) is 24.1. The number of nitrogens with one attached hydrogen (secondary N) is 1. The number of ether oxygens (including phenoxy) is 1. The number of carbonyl (C=O) groups is 1. The number of carboxylic acid groups (broad SMARTS) is 1. The Morgan fingerprint density at radius 2 is 2.12 bits per heavy atom. The van der Waals surface area contributed by atoms with Gasteiger partial charge in [-0.2, -0.15) is 15.5 Å². The van der Waals surface area contributed by atoms with Gasteiger partial charge in [-0.15, -0.1) is 0 Å². The van der Waals surface area contributed by atoms with Crippen LogP contribution in [0.3, 0.4) is 0 Å². The Bertz CT molecular complexity index is 1600. The molecule has 2 aromatic heterocycles. The molecule has 11 heteroatoms. The van der Waals surface area contributed by atoms with Gasteiger partial charge in [-0.1, -0.05) is 17.7 Å². The van der Waals surface area contributed by atoms with E-state index in [1.54, 1.807) is 13.1 Å². The lowest BCUT2D eigenvalue weighted by molar-refractivity contribution is 0.0691. The molecule has 9 nitrogen and oxygen atoms in total. The van der Waals surface area contributed by atoms with Crippen LogP contribution in [0.5, 0.6) is 5.75 Å². The van der Waals surface area contributed by atoms with E-state index in [4.69, 9.17) is 16.3 Å². The Kier molecular flexibility index (Phi) is 5.06. The van der Waals surface area contributed by atoms with Crippen LogP contribution in [-0.2, 0) is 7.05 Å². The van der Waals surface area contributed by atoms with Crippen LogP contribution in [0.1, 0.15) is 28.9 Å². The van der Waals surface area contributed by atoms with Gasteiger partial charge in [-0.05, 0) is 30.5 Å². The van der Waals surface area contributed by atoms with Gasteiger partial charge in [-0.3, -0.25) is 9.48 Å². The van der Waals surface area contributed by atoms with E-state index in [9.17, 15) is 20.0 Å². The van der Waals surface area contributed by atoms with E-state index in [1.165, 1.54) is 29.1 Å². The Labute approximate surface area is 196 Å². The van der Waals surface area contributed by atoms with Crippen molar-refractivity contribution >= 4 is 28.3 Å². The Morgan fingerprint density at radius 3 is 2.79 bits per heavy atom. The third-order valence-corrected chi connectivity index (χ3v) is 5.87. The molecule has 1 saturated carbocycles. The van der Waals surface area contributed by atoms with Crippen LogP contribution in [0.15, 0.2) is 35.3 Å². The maximum Gasteiger partial charge on any atom is 0.356 e. The van der Waals surface area contributed by atoms with Gasteiger partial charge in [0, 0.05) is 24.1 Å². The third kappa shape index (κ3) is 3.47. The summed E-state index contributed by atoms with van der Waals surface area (Å²) in [7, 11) is 1.58. The molecule has 0 aliphatic heterocycles. The second-order valence-corrected chi connectivity index (χ2v) is 8.25. The van der Waals surface area contributed by atoms with Crippen molar-refractivity contribution in [3.05, 3.63) is 62.9 Å². The molecule has 0 radical (unpaired) electrons. The van der Waals surface area contributed by atoms with Gasteiger partial charge >= 0.3 is 5.97 Å². The lowest BCUT2D eigenvalue weighted by Gasteiger charge is -2.15. The predicted molar refractivity (Wildman–Crippen MR) is 120 cm³/mol. The number of H-pyrrole nitrogens is 1. The van der Waals surface area contributed by atoms with Crippen LogP contribution >= 0.6 is 11.6 Å². The molecule has 0 amide bonds. The summed E-state index contributed by atoms with van der Waals surface area (Å²) < 4.78 is 22.6. The van der Waals surface area contributed by atoms with Crippen molar-refractivity contribution < 1.29 is 19.0 Å². The van der Waals surface area contributed by atoms with Crippen molar-refractivity contribution in [2.45, 2.75) is 18.9 Å². The van der Waals surface area contributed by atoms with Gasteiger partial charge < -0.3 is 9.84 Å². The van der Waals surface area contributed by atoms with Crippen molar-refractivity contribution in [3.63, 3.8) is 0 Å². The summed E-state index contributed by atoms with van der Waals surface area (Å²) in [5.41, 5.74) is 0.0915. The number of aryl methyl sites for hydroxylation is 1. The smallest absolute Gasteiger partial charge is 0.356 e. The molecule has 4 aromatic rings. The van der Waals surface area contributed by atoms with Gasteiger partial charge in [0.25, 0.3) is 5.56 Å². The fourth-order valence-corrected chi connectivity index (χ4v) is 4.03. The molecule has 0 saturated heterocycles. The number of hydrogen-bond acceptors (Lipinski definition) is 6. The number of carboxylic acids is 1. The molecule has 0 bridgehead atoms. The first-order valence-electron chi connectivity index (χ1n) is 10.2. The minimum atomic E-state index is -1.32. The number of benzene rings is 2. The van der Waals surface area contributed by atoms with Crippen molar-refractivity contribution in [2.75, 3.05) is 0 Å². The fraction of sp³-hybridized carbons (Fsp3) is 0.174. The molecule has 2 aromatic carbocycles. The van der Waals surface area contributed by atoms with Crippen LogP contribution in [0.4, 0.5) is 4.39 Å². The van der Waals surface area contributed by atoms with Crippen LogP contribution < -0.4 is 10.3 Å². The lowest BCUT2D eigenvalue weighted by atomic mass is 9.95. The van der Waals surface area contributed by atoms with Crippen LogP contribution in [0.2, 0.25) is 5.02 Å². The quantitative estimate of drug-likeness (QED) is 0.443. The second-order valence-electron chi connectivity index (χ2n) is 7.85. The average molecular weight is 480 g/mol. The molecule has 5 rings (SSSR count). The van der Waals surface area contributed by atoms with Crippen molar-refractivity contribution in [2.24, 2.45) is 7.05 Å². The van der Waals surface area contributed by atoms with Crippen LogP contribution in [-0.4, -0.2) is 37.2 Å². The number of aromatic nitrogens is 4. The Hall–Kier alpha value is -4.23. The minimum Gasteiger partial charge on any atom is -0.489 e. The van der Waals surface area contributed by atoms with Crippen LogP contribution in [0.25, 0.3) is 33.2 Å². The highest BCUT2D eigenvalue weighted by molar-refractivity contribution is 6.31. The number of hydrogen-bond donors (Lipinski definition) is 2. The van der Waals surface area contributed by atoms with E-state index in [-0.39, 0.29) is 50.2 Å². The van der Waals surface area contributed by atoms with Gasteiger partial charge in [-0.25, -0.2) is 14.3 Å². The summed E-state index contributed by atoms with van der Waals surface area (Å²) in [5.74, 6) is -1.95. The van der Waals surface area contributed by atoms with Crippen molar-refractivity contribution in [1.82, 2.24) is 20.0 Å². The molecule has 1 aliphatic rings. The predicted octanol–water partition coefficient (Wildman–Crippen LogP) is 3.89. The number of rotatable bonds is 5. The number of nitriles is 1. The number of nitrogens with zero attached hydrogens (tertiary/aromatic N) is 4. The topological polar surface area (TPSA) is 134 Å². The third-order valence-electron chi connectivity index (χ3n) is 5.59. The van der Waals surface area contributed by atoms with Crippen molar-refractivity contribution in [1.29, 1.82) is 5.26 Å². The van der Waals surface area contributed by atoms with Gasteiger partial charge in [0.1, 0.15) is 17.4 Å². The van der Waals surface area contributed by atoms with E-state index in [0.717, 1.165) is 12.8 Å². The van der Waals surface area contributed by atoms with Gasteiger partial charge in [0.15, 0.2) is 11.5 Å². The lowest BCUT2D eigenvalue weighted by Crippen LogP contribution is -2.14. The monoisotopic (exact) mass is 479 g/mol. The van der Waals surface area contributed by atoms with Crippen molar-refractivity contribution in [3.8, 4) is 34.2 Å². The molecule has 2 N–H and O–H groups in total. The Morgan fingerprint density at radius 1 is 1.35 bits per heavy atom. The molecule has 1 aliphatic carbocycles. The van der Waals surface area contributed by atoms with Gasteiger partial charge in [0.05, 0.1) is 34.0 Å². The number of aromatic carboxylic acids is 1. The normalized spacial score (nSPS) is 13.1. The second kappa shape index (κ2) is 7.97. The SMILES string of the molecule is Cn1ncc(-c2ccc3c(=O)[nH]nc(C(=O)O)c3c2)c1-c1c(F)c(Cl)cc(OC2CC2)c1C#N. The largest absolute Gasteiger partial charge is 0.489 e. The average Bonchev–Trinajstić information content (AvgIpc) is 3.55. The molecule has 0 unspecified atom stereocenters. The standard InChI is InChI=1S/C23H15ClFN5O4/c1-30-21(18-14(8-26)17(34-11-3-4-11)7-16(24)19(18)25)15(9-27-30)10-2-5-12-13(6-10)20(23(32)33)28-29-22(12)31/h2,5-7,9,11H,3-4H2,1H3,(H,29,31)(H,32,33). The first-order chi connectivity index (χ1) is 16.3. The number of halogens is 2. The summed E-state index contributed by atoms with van der Waals surface area (Å²) in [6, 6.07) is 7.82. The molecule has 34 heavy (non-hydrogen) atoms. The number of aromatic amines is 1. The molecule has 0 atom stereocenters. The van der Waals surface area contributed by atoms with Crippen LogP contribution in [0, 0.1) is 17.1 Å². The molecular formula is C23H15ClFN5O4. The molecule has 170 valence electrons. The van der Waals surface area contributed by atoms with E-state index in [2.05, 4.69) is 15.3 Å². The fourth-order valence-electron chi connectivity index (χ4n) is 3.84. The highest BCUT2D eigenvalue weighted by atomic mass is 35.5. The molecular weight excluding hydrogens is 465 g/mol. The first-order valence-corrected chi connectivity index (χ1v) is 10.5. The zero-order valence-electron chi connectivity index (χ0n) is 17.6. The Balaban J connectivity index is 1.77. The van der Waals surface area contributed by atoms with E-state index in [0.29, 0.717) is 11.1 Å². The van der Waals surface area contributed by atoms with E-state index < -0.39 is 17.3 Å². The maximum absolute atomic E-state index is 15.4. The first kappa shape index (κ1) is 21.6. The summed E-state index contributed by atoms with van der Waals surface area (Å²) >= 11 is 6.16. The zero-order valence-corrected chi connectivity index (χ0v) is 18.4. The summed E-state index contributed by atoms with van der Waals surface area (Å²) in [5, 5.41) is 29.4. The van der Waals surface area contributed by atoms with Gasteiger partial charge in [0.2, 0.25) is 0 Å². The highest BCUT2D eigenvalue weighted by Gasteiger charge is 2.30. The molecule has 2 heterocycles. The molecule has 1 fully saturated rings. The molecule has 0 spiro atoms. The van der Waals surface area contributed by atoms with E-state index in [1.807, 2.05) is 6.07 Å². The summed E-state index contributed by atoms with van der Waals surface area (Å²) in [4.78, 5) is 23.8. The minimum absolute atomic E-state index is 0.0243. The summed E-state index contributed by atoms with van der Waals surface area (Å²) in [6.07, 6.45) is 3.08. The maximum atomic E-state index is 15.4.